The molecular weight excluding hydrogens is 272 g/mol. The molecule has 3 atom stereocenters. The molecule has 1 aromatic heterocycles. The summed E-state index contributed by atoms with van der Waals surface area (Å²) in [4.78, 5) is 16.0. The molecule has 0 spiro atoms. The van der Waals surface area contributed by atoms with Gasteiger partial charge in [-0.15, -0.1) is 11.3 Å². The smallest absolute Gasteiger partial charge is 0.244 e. The van der Waals surface area contributed by atoms with Gasteiger partial charge < -0.3 is 9.64 Å². The molecule has 0 aromatic carbocycles. The van der Waals surface area contributed by atoms with Gasteiger partial charge in [0.1, 0.15) is 6.17 Å². The molecule has 112 valence electrons. The Morgan fingerprint density at radius 3 is 2.80 bits per heavy atom. The van der Waals surface area contributed by atoms with Crippen LogP contribution in [0, 0.1) is 0 Å². The molecule has 0 bridgehead atoms. The summed E-state index contributed by atoms with van der Waals surface area (Å²) in [7, 11) is 1.69. The Bertz CT molecular complexity index is 449. The van der Waals surface area contributed by atoms with Crippen molar-refractivity contribution < 1.29 is 9.53 Å². The molecule has 1 aliphatic rings. The Hall–Kier alpha value is -0.910. The average Bonchev–Trinajstić information content (AvgIpc) is 3.05. The summed E-state index contributed by atoms with van der Waals surface area (Å²) in [5.41, 5.74) is -0.476. The largest absolute Gasteiger partial charge is 0.383 e. The summed E-state index contributed by atoms with van der Waals surface area (Å²) in [6.45, 7) is 6.72. The lowest BCUT2D eigenvalue weighted by molar-refractivity contribution is -0.136. The van der Waals surface area contributed by atoms with E-state index in [2.05, 4.69) is 30.6 Å². The third-order valence-corrected chi connectivity index (χ3v) is 5.11. The number of hydrogen-bond donors (Lipinski definition) is 1. The van der Waals surface area contributed by atoms with Crippen molar-refractivity contribution in [1.29, 1.82) is 0 Å². The van der Waals surface area contributed by atoms with Gasteiger partial charge in [-0.1, -0.05) is 19.9 Å². The molecule has 3 unspecified atom stereocenters. The van der Waals surface area contributed by atoms with Gasteiger partial charge in [-0.25, -0.2) is 0 Å². The Balaban J connectivity index is 2.35. The SMILES string of the molecule is CCC(COC)N1C(=O)C(C)(CC)NC1c1cccs1. The van der Waals surface area contributed by atoms with Crippen LogP contribution in [-0.2, 0) is 9.53 Å². The van der Waals surface area contributed by atoms with E-state index in [0.29, 0.717) is 6.61 Å². The highest BCUT2D eigenvalue weighted by atomic mass is 32.1. The lowest BCUT2D eigenvalue weighted by Crippen LogP contribution is -2.45. The topological polar surface area (TPSA) is 41.6 Å². The molecule has 1 saturated heterocycles. The number of amides is 1. The maximum atomic E-state index is 12.9. The van der Waals surface area contributed by atoms with Crippen molar-refractivity contribution in [2.45, 2.75) is 51.4 Å². The first-order valence-corrected chi connectivity index (χ1v) is 8.08. The third kappa shape index (κ3) is 2.62. The minimum atomic E-state index is -0.476. The fraction of sp³-hybridized carbons (Fsp3) is 0.667. The first-order valence-electron chi connectivity index (χ1n) is 7.20. The molecule has 2 heterocycles. The van der Waals surface area contributed by atoms with Gasteiger partial charge in [-0.05, 0) is 31.2 Å². The molecule has 0 saturated carbocycles. The van der Waals surface area contributed by atoms with Gasteiger partial charge in [0.15, 0.2) is 0 Å². The fourth-order valence-corrected chi connectivity index (χ4v) is 3.48. The molecule has 20 heavy (non-hydrogen) atoms. The van der Waals surface area contributed by atoms with Gasteiger partial charge in [0.2, 0.25) is 5.91 Å². The number of nitrogens with one attached hydrogen (secondary N) is 1. The lowest BCUT2D eigenvalue weighted by atomic mass is 9.99. The second-order valence-electron chi connectivity index (χ2n) is 5.48. The van der Waals surface area contributed by atoms with Crippen LogP contribution in [0.5, 0.6) is 0 Å². The van der Waals surface area contributed by atoms with Crippen molar-refractivity contribution in [1.82, 2.24) is 10.2 Å². The van der Waals surface area contributed by atoms with Crippen molar-refractivity contribution >= 4 is 17.2 Å². The standard InChI is InChI=1S/C15H24N2O2S/c1-5-11(10-19-4)17-13(12-8-7-9-20-12)16-15(3,6-2)14(17)18/h7-9,11,13,16H,5-6,10H2,1-4H3. The van der Waals surface area contributed by atoms with Crippen LogP contribution >= 0.6 is 11.3 Å². The number of nitrogens with zero attached hydrogens (tertiary/aromatic N) is 1. The lowest BCUT2D eigenvalue weighted by Gasteiger charge is -2.31. The predicted molar refractivity (Wildman–Crippen MR) is 81.7 cm³/mol. The molecule has 2 rings (SSSR count). The van der Waals surface area contributed by atoms with E-state index in [4.69, 9.17) is 4.74 Å². The summed E-state index contributed by atoms with van der Waals surface area (Å²) in [6.07, 6.45) is 1.64. The second-order valence-corrected chi connectivity index (χ2v) is 6.46. The van der Waals surface area contributed by atoms with Crippen LogP contribution in [0.1, 0.15) is 44.7 Å². The zero-order chi connectivity index (χ0) is 14.8. The van der Waals surface area contributed by atoms with Crippen LogP contribution in [-0.4, -0.2) is 36.1 Å². The van der Waals surface area contributed by atoms with Crippen LogP contribution in [0.4, 0.5) is 0 Å². The van der Waals surface area contributed by atoms with E-state index in [-0.39, 0.29) is 18.1 Å². The van der Waals surface area contributed by atoms with Gasteiger partial charge in [0, 0.05) is 12.0 Å². The molecule has 4 nitrogen and oxygen atoms in total. The summed E-state index contributed by atoms with van der Waals surface area (Å²) >= 11 is 1.69. The van der Waals surface area contributed by atoms with Crippen LogP contribution in [0.15, 0.2) is 17.5 Å². The molecule has 1 amide bonds. The van der Waals surface area contributed by atoms with E-state index in [9.17, 15) is 4.79 Å². The summed E-state index contributed by atoms with van der Waals surface area (Å²) < 4.78 is 5.30. The maximum Gasteiger partial charge on any atom is 0.244 e. The zero-order valence-corrected chi connectivity index (χ0v) is 13.5. The predicted octanol–water partition coefficient (Wildman–Crippen LogP) is 2.77. The van der Waals surface area contributed by atoms with Gasteiger partial charge in [0.25, 0.3) is 0 Å². The van der Waals surface area contributed by atoms with Crippen molar-refractivity contribution in [3.63, 3.8) is 0 Å². The summed E-state index contributed by atoms with van der Waals surface area (Å²) in [6, 6.07) is 4.23. The number of ether oxygens (including phenoxy) is 1. The Kier molecular flexibility index (Phi) is 4.83. The highest BCUT2D eigenvalue weighted by molar-refractivity contribution is 7.10. The molecule has 1 aliphatic heterocycles. The third-order valence-electron chi connectivity index (χ3n) is 4.18. The van der Waals surface area contributed by atoms with E-state index >= 15 is 0 Å². The highest BCUT2D eigenvalue weighted by Gasteiger charge is 2.49. The number of carbonyl (C=O) groups is 1. The Labute approximate surface area is 125 Å². The van der Waals surface area contributed by atoms with Gasteiger partial charge in [-0.2, -0.15) is 0 Å². The first-order chi connectivity index (χ1) is 9.57. The quantitative estimate of drug-likeness (QED) is 0.877. The maximum absolute atomic E-state index is 12.9. The first kappa shape index (κ1) is 15.5. The van der Waals surface area contributed by atoms with E-state index in [1.807, 2.05) is 17.9 Å². The number of carbonyl (C=O) groups excluding carboxylic acids is 1. The second kappa shape index (κ2) is 6.24. The normalized spacial score (nSPS) is 28.1. The van der Waals surface area contributed by atoms with Crippen LogP contribution in [0.2, 0.25) is 0 Å². The van der Waals surface area contributed by atoms with Crippen LogP contribution in [0.25, 0.3) is 0 Å². The fourth-order valence-electron chi connectivity index (χ4n) is 2.71. The molecular formula is C15H24N2O2S. The molecule has 5 heteroatoms. The average molecular weight is 296 g/mol. The van der Waals surface area contributed by atoms with E-state index in [0.717, 1.165) is 12.8 Å². The van der Waals surface area contributed by atoms with E-state index < -0.39 is 5.54 Å². The van der Waals surface area contributed by atoms with Gasteiger partial charge in [0.05, 0.1) is 18.2 Å². The minimum Gasteiger partial charge on any atom is -0.383 e. The van der Waals surface area contributed by atoms with Crippen molar-refractivity contribution in [2.75, 3.05) is 13.7 Å². The van der Waals surface area contributed by atoms with Crippen LogP contribution < -0.4 is 5.32 Å². The van der Waals surface area contributed by atoms with E-state index in [1.165, 1.54) is 4.88 Å². The number of thiophene rings is 1. The Morgan fingerprint density at radius 2 is 2.30 bits per heavy atom. The summed E-state index contributed by atoms with van der Waals surface area (Å²) in [5, 5.41) is 5.58. The molecule has 1 N–H and O–H groups in total. The van der Waals surface area contributed by atoms with Crippen LogP contribution in [0.3, 0.4) is 0 Å². The molecule has 1 aromatic rings. The van der Waals surface area contributed by atoms with Crippen molar-refractivity contribution in [2.24, 2.45) is 0 Å². The molecule has 0 radical (unpaired) electrons. The molecule has 1 fully saturated rings. The van der Waals surface area contributed by atoms with Crippen molar-refractivity contribution in [3.8, 4) is 0 Å². The highest BCUT2D eigenvalue weighted by Crippen LogP contribution is 2.36. The molecule has 0 aliphatic carbocycles. The van der Waals surface area contributed by atoms with Gasteiger partial charge in [-0.3, -0.25) is 10.1 Å². The van der Waals surface area contributed by atoms with Crippen molar-refractivity contribution in [3.05, 3.63) is 22.4 Å². The van der Waals surface area contributed by atoms with Gasteiger partial charge >= 0.3 is 0 Å². The zero-order valence-electron chi connectivity index (χ0n) is 12.7. The minimum absolute atomic E-state index is 0.0347. The number of rotatable bonds is 6. The monoisotopic (exact) mass is 296 g/mol. The number of hydrogen-bond acceptors (Lipinski definition) is 4. The number of methoxy groups -OCH3 is 1. The Morgan fingerprint density at radius 1 is 1.55 bits per heavy atom. The van der Waals surface area contributed by atoms with E-state index in [1.54, 1.807) is 18.4 Å². The summed E-state index contributed by atoms with van der Waals surface area (Å²) in [5.74, 6) is 0.183.